The predicted octanol–water partition coefficient (Wildman–Crippen LogP) is 4.69. The first-order valence-electron chi connectivity index (χ1n) is 9.62. The van der Waals surface area contributed by atoms with E-state index in [1.54, 1.807) is 25.9 Å². The van der Waals surface area contributed by atoms with E-state index in [1.165, 1.54) is 12.0 Å². The molecule has 26 heavy (non-hydrogen) atoms. The molecule has 0 aromatic heterocycles. The monoisotopic (exact) mass is 357 g/mol. The van der Waals surface area contributed by atoms with Crippen molar-refractivity contribution in [2.45, 2.75) is 44.6 Å². The Morgan fingerprint density at radius 3 is 3.04 bits per heavy atom. The lowest BCUT2D eigenvalue weighted by Gasteiger charge is -2.45. The van der Waals surface area contributed by atoms with Gasteiger partial charge in [0.2, 0.25) is 0 Å². The standard InChI is InChI=1S/C22H31NO3/c1-3-10-22(18-24-2)11-7-12-23(17-22)20(21-16-25-13-14-26-21)15-19-8-5-4-6-9-19/h3-5,8,13-14,16,20H,1,6-7,9-12,15,17-18H2,2H3. The van der Waals surface area contributed by atoms with Crippen LogP contribution in [0.25, 0.3) is 0 Å². The smallest absolute Gasteiger partial charge is 0.156 e. The summed E-state index contributed by atoms with van der Waals surface area (Å²) in [5.74, 6) is 0.898. The average Bonchev–Trinajstić information content (AvgIpc) is 2.68. The van der Waals surface area contributed by atoms with Gasteiger partial charge in [-0.2, -0.15) is 0 Å². The van der Waals surface area contributed by atoms with Crippen LogP contribution in [-0.4, -0.2) is 37.7 Å². The van der Waals surface area contributed by atoms with E-state index < -0.39 is 0 Å². The number of hydrogen-bond acceptors (Lipinski definition) is 4. The molecule has 2 atom stereocenters. The highest BCUT2D eigenvalue weighted by Gasteiger charge is 2.38. The van der Waals surface area contributed by atoms with E-state index in [0.29, 0.717) is 0 Å². The zero-order chi connectivity index (χ0) is 18.2. The molecule has 0 bridgehead atoms. The summed E-state index contributed by atoms with van der Waals surface area (Å²) < 4.78 is 16.8. The SMILES string of the molecule is C=CCC1(COC)CCCN(C(CC2=CC=CCC2)C2=COC=CO2)C1. The van der Waals surface area contributed by atoms with Crippen LogP contribution in [0, 0.1) is 5.41 Å². The van der Waals surface area contributed by atoms with Crippen LogP contribution in [-0.2, 0) is 14.2 Å². The summed E-state index contributed by atoms with van der Waals surface area (Å²) in [6.45, 7) is 6.81. The summed E-state index contributed by atoms with van der Waals surface area (Å²) in [5.41, 5.74) is 1.61. The molecule has 0 N–H and O–H groups in total. The van der Waals surface area contributed by atoms with Gasteiger partial charge < -0.3 is 14.2 Å². The first-order valence-corrected chi connectivity index (χ1v) is 9.62. The van der Waals surface area contributed by atoms with Crippen molar-refractivity contribution in [3.8, 4) is 0 Å². The van der Waals surface area contributed by atoms with Gasteiger partial charge in [0.1, 0.15) is 18.8 Å². The van der Waals surface area contributed by atoms with E-state index in [1.807, 2.05) is 6.08 Å². The summed E-state index contributed by atoms with van der Waals surface area (Å²) in [7, 11) is 1.80. The van der Waals surface area contributed by atoms with Crippen molar-refractivity contribution < 1.29 is 14.2 Å². The molecule has 1 aliphatic carbocycles. The van der Waals surface area contributed by atoms with Crippen molar-refractivity contribution in [1.29, 1.82) is 0 Å². The highest BCUT2D eigenvalue weighted by atomic mass is 16.5. The molecule has 1 fully saturated rings. The third kappa shape index (κ3) is 4.68. The van der Waals surface area contributed by atoms with Crippen molar-refractivity contribution in [2.75, 3.05) is 26.8 Å². The largest absolute Gasteiger partial charge is 0.466 e. The van der Waals surface area contributed by atoms with Crippen LogP contribution in [0.5, 0.6) is 0 Å². The Morgan fingerprint density at radius 1 is 1.42 bits per heavy atom. The van der Waals surface area contributed by atoms with Gasteiger partial charge in [0.05, 0.1) is 12.6 Å². The molecule has 2 heterocycles. The summed E-state index contributed by atoms with van der Waals surface area (Å²) in [4.78, 5) is 2.56. The summed E-state index contributed by atoms with van der Waals surface area (Å²) in [5, 5.41) is 0. The van der Waals surface area contributed by atoms with Gasteiger partial charge >= 0.3 is 0 Å². The second kappa shape index (κ2) is 9.24. The molecule has 2 unspecified atom stereocenters. The Kier molecular flexibility index (Phi) is 6.75. The van der Waals surface area contributed by atoms with Gasteiger partial charge in [0, 0.05) is 19.1 Å². The molecule has 0 radical (unpaired) electrons. The second-order valence-electron chi connectivity index (χ2n) is 7.56. The third-order valence-corrected chi connectivity index (χ3v) is 5.57. The first kappa shape index (κ1) is 19.0. The minimum Gasteiger partial charge on any atom is -0.466 e. The maximum atomic E-state index is 5.84. The fourth-order valence-electron chi connectivity index (χ4n) is 4.38. The minimum absolute atomic E-state index is 0.139. The molecular formula is C22H31NO3. The van der Waals surface area contributed by atoms with Crippen LogP contribution in [0.15, 0.2) is 61.0 Å². The van der Waals surface area contributed by atoms with E-state index in [4.69, 9.17) is 14.2 Å². The van der Waals surface area contributed by atoms with Crippen molar-refractivity contribution in [3.63, 3.8) is 0 Å². The molecule has 2 aliphatic heterocycles. The number of allylic oxidation sites excluding steroid dienone is 4. The molecule has 3 aliphatic rings. The fraction of sp³-hybridized carbons (Fsp3) is 0.545. The Bertz CT molecular complexity index is 601. The van der Waals surface area contributed by atoms with Crippen molar-refractivity contribution in [2.24, 2.45) is 5.41 Å². The van der Waals surface area contributed by atoms with Gasteiger partial charge in [-0.3, -0.25) is 4.90 Å². The topological polar surface area (TPSA) is 30.9 Å². The average molecular weight is 357 g/mol. The van der Waals surface area contributed by atoms with Gasteiger partial charge in [-0.1, -0.05) is 29.9 Å². The molecule has 4 nitrogen and oxygen atoms in total. The number of methoxy groups -OCH3 is 1. The van der Waals surface area contributed by atoms with Gasteiger partial charge in [-0.05, 0) is 45.1 Å². The molecule has 0 aromatic rings. The molecular weight excluding hydrogens is 326 g/mol. The molecule has 0 amide bonds. The first-order chi connectivity index (χ1) is 12.8. The van der Waals surface area contributed by atoms with Crippen molar-refractivity contribution >= 4 is 0 Å². The minimum atomic E-state index is 0.139. The lowest BCUT2D eigenvalue weighted by Crippen LogP contribution is -2.50. The van der Waals surface area contributed by atoms with E-state index in [-0.39, 0.29) is 11.5 Å². The van der Waals surface area contributed by atoms with Crippen LogP contribution in [0.2, 0.25) is 0 Å². The maximum Gasteiger partial charge on any atom is 0.156 e. The van der Waals surface area contributed by atoms with Crippen molar-refractivity contribution in [1.82, 2.24) is 4.90 Å². The molecule has 4 heteroatoms. The van der Waals surface area contributed by atoms with E-state index >= 15 is 0 Å². The normalized spacial score (nSPS) is 27.1. The van der Waals surface area contributed by atoms with Crippen LogP contribution >= 0.6 is 0 Å². The molecule has 3 rings (SSSR count). The third-order valence-electron chi connectivity index (χ3n) is 5.57. The molecule has 0 saturated carbocycles. The molecule has 1 saturated heterocycles. The van der Waals surface area contributed by atoms with E-state index in [2.05, 4.69) is 29.7 Å². The summed E-state index contributed by atoms with van der Waals surface area (Å²) >= 11 is 0. The highest BCUT2D eigenvalue weighted by molar-refractivity contribution is 5.21. The number of likely N-dealkylation sites (tertiary alicyclic amines) is 1. The lowest BCUT2D eigenvalue weighted by atomic mass is 9.77. The molecule has 0 spiro atoms. The summed E-state index contributed by atoms with van der Waals surface area (Å²) in [6.07, 6.45) is 20.2. The number of hydrogen-bond donors (Lipinski definition) is 0. The number of nitrogens with zero attached hydrogens (tertiary/aromatic N) is 1. The van der Waals surface area contributed by atoms with Crippen LogP contribution in [0.3, 0.4) is 0 Å². The Labute approximate surface area is 157 Å². The van der Waals surface area contributed by atoms with Gasteiger partial charge in [-0.15, -0.1) is 6.58 Å². The highest BCUT2D eigenvalue weighted by Crippen LogP contribution is 2.37. The second-order valence-corrected chi connectivity index (χ2v) is 7.56. The quantitative estimate of drug-likeness (QED) is 0.590. The van der Waals surface area contributed by atoms with E-state index in [0.717, 1.165) is 57.6 Å². The van der Waals surface area contributed by atoms with Gasteiger partial charge in [0.25, 0.3) is 0 Å². The summed E-state index contributed by atoms with van der Waals surface area (Å²) in [6, 6.07) is 0.194. The Hall–Kier alpha value is -1.78. The van der Waals surface area contributed by atoms with Crippen LogP contribution in [0.1, 0.15) is 38.5 Å². The van der Waals surface area contributed by atoms with Crippen LogP contribution < -0.4 is 0 Å². The van der Waals surface area contributed by atoms with E-state index in [9.17, 15) is 0 Å². The van der Waals surface area contributed by atoms with Gasteiger partial charge in [0.15, 0.2) is 5.76 Å². The van der Waals surface area contributed by atoms with Crippen molar-refractivity contribution in [3.05, 3.63) is 61.0 Å². The number of piperidine rings is 1. The lowest BCUT2D eigenvalue weighted by molar-refractivity contribution is -0.00477. The maximum absolute atomic E-state index is 5.84. The predicted molar refractivity (Wildman–Crippen MR) is 104 cm³/mol. The fourth-order valence-corrected chi connectivity index (χ4v) is 4.38. The zero-order valence-electron chi connectivity index (χ0n) is 15.9. The number of rotatable bonds is 8. The molecule has 142 valence electrons. The Morgan fingerprint density at radius 2 is 2.35 bits per heavy atom. The molecule has 0 aromatic carbocycles. The van der Waals surface area contributed by atoms with Crippen LogP contribution in [0.4, 0.5) is 0 Å². The number of ether oxygens (including phenoxy) is 3. The Balaban J connectivity index is 1.80. The zero-order valence-corrected chi connectivity index (χ0v) is 15.9. The van der Waals surface area contributed by atoms with Gasteiger partial charge in [-0.25, -0.2) is 0 Å².